The highest BCUT2D eigenvalue weighted by atomic mass is 16.6. The molecule has 0 radical (unpaired) electrons. The lowest BCUT2D eigenvalue weighted by Crippen LogP contribution is -2.45. The van der Waals surface area contributed by atoms with Crippen LogP contribution < -0.4 is 0 Å². The van der Waals surface area contributed by atoms with Gasteiger partial charge in [0, 0.05) is 26.2 Å². The average Bonchev–Trinajstić information content (AvgIpc) is 2.85. The number of hydrogen-bond acceptors (Lipinski definition) is 3. The molecule has 1 atom stereocenters. The number of nitrogens with zero attached hydrogens (tertiary/aromatic N) is 2. The van der Waals surface area contributed by atoms with Crippen molar-refractivity contribution < 1.29 is 4.74 Å². The number of hydrogen-bond donors (Lipinski definition) is 0. The van der Waals surface area contributed by atoms with E-state index in [4.69, 9.17) is 4.74 Å². The maximum absolute atomic E-state index is 5.54. The SMILES string of the molecule is CC(C)=C1OC1N1CCN(C)CC1. The number of piperazine rings is 1. The minimum Gasteiger partial charge on any atom is -0.467 e. The van der Waals surface area contributed by atoms with Crippen LogP contribution >= 0.6 is 0 Å². The van der Waals surface area contributed by atoms with E-state index in [0.29, 0.717) is 6.23 Å². The lowest BCUT2D eigenvalue weighted by Gasteiger charge is -2.30. The molecule has 2 aliphatic heterocycles. The fraction of sp³-hybridized carbons (Fsp3) is 0.800. The fourth-order valence-corrected chi connectivity index (χ4v) is 1.75. The van der Waals surface area contributed by atoms with Crippen LogP contribution in [0.4, 0.5) is 0 Å². The molecule has 0 aromatic rings. The summed E-state index contributed by atoms with van der Waals surface area (Å²) in [6.45, 7) is 8.83. The Morgan fingerprint density at radius 3 is 2.31 bits per heavy atom. The van der Waals surface area contributed by atoms with Crippen LogP contribution in [-0.2, 0) is 4.74 Å². The van der Waals surface area contributed by atoms with E-state index < -0.39 is 0 Å². The smallest absolute Gasteiger partial charge is 0.210 e. The highest BCUT2D eigenvalue weighted by Crippen LogP contribution is 2.33. The zero-order valence-electron chi connectivity index (χ0n) is 8.71. The summed E-state index contributed by atoms with van der Waals surface area (Å²) in [5.41, 5.74) is 1.32. The third-order valence-electron chi connectivity index (χ3n) is 2.77. The molecule has 2 fully saturated rings. The van der Waals surface area contributed by atoms with Gasteiger partial charge in [-0.2, -0.15) is 0 Å². The van der Waals surface area contributed by atoms with E-state index in [1.54, 1.807) is 0 Å². The van der Waals surface area contributed by atoms with E-state index in [1.165, 1.54) is 11.3 Å². The van der Waals surface area contributed by atoms with Crippen LogP contribution in [0.2, 0.25) is 0 Å². The molecule has 0 aromatic heterocycles. The van der Waals surface area contributed by atoms with E-state index in [0.717, 1.165) is 26.2 Å². The molecule has 13 heavy (non-hydrogen) atoms. The molecule has 2 rings (SSSR count). The monoisotopic (exact) mass is 182 g/mol. The Bertz CT molecular complexity index is 225. The molecule has 1 unspecified atom stereocenters. The largest absolute Gasteiger partial charge is 0.467 e. The van der Waals surface area contributed by atoms with Crippen LogP contribution in [0.25, 0.3) is 0 Å². The van der Waals surface area contributed by atoms with Crippen molar-refractivity contribution in [3.8, 4) is 0 Å². The summed E-state index contributed by atoms with van der Waals surface area (Å²) >= 11 is 0. The van der Waals surface area contributed by atoms with Crippen LogP contribution in [0.5, 0.6) is 0 Å². The molecule has 0 bridgehead atoms. The van der Waals surface area contributed by atoms with Crippen molar-refractivity contribution >= 4 is 0 Å². The topological polar surface area (TPSA) is 19.0 Å². The van der Waals surface area contributed by atoms with E-state index in [-0.39, 0.29) is 0 Å². The number of ether oxygens (including phenoxy) is 1. The quantitative estimate of drug-likeness (QED) is 0.561. The zero-order chi connectivity index (χ0) is 9.42. The molecule has 3 nitrogen and oxygen atoms in total. The van der Waals surface area contributed by atoms with Crippen LogP contribution in [0.3, 0.4) is 0 Å². The molecule has 0 aromatic carbocycles. The number of allylic oxidation sites excluding steroid dienone is 1. The summed E-state index contributed by atoms with van der Waals surface area (Å²) in [7, 11) is 2.17. The maximum Gasteiger partial charge on any atom is 0.210 e. The van der Waals surface area contributed by atoms with Crippen molar-refractivity contribution in [1.82, 2.24) is 9.80 Å². The van der Waals surface area contributed by atoms with Crippen molar-refractivity contribution in [2.45, 2.75) is 20.1 Å². The van der Waals surface area contributed by atoms with Crippen LogP contribution in [0, 0.1) is 0 Å². The Kier molecular flexibility index (Phi) is 2.30. The Hall–Kier alpha value is -0.540. The van der Waals surface area contributed by atoms with Crippen molar-refractivity contribution in [3.05, 3.63) is 11.3 Å². The third kappa shape index (κ3) is 1.86. The molecule has 0 saturated carbocycles. The number of likely N-dealkylation sites (N-methyl/N-ethyl adjacent to an activating group) is 1. The summed E-state index contributed by atoms with van der Waals surface area (Å²) in [4.78, 5) is 4.78. The molecule has 2 heterocycles. The van der Waals surface area contributed by atoms with Gasteiger partial charge in [-0.1, -0.05) is 0 Å². The fourth-order valence-electron chi connectivity index (χ4n) is 1.75. The van der Waals surface area contributed by atoms with Gasteiger partial charge in [0.25, 0.3) is 0 Å². The molecular formula is C10H18N2O. The van der Waals surface area contributed by atoms with Crippen LogP contribution in [0.1, 0.15) is 13.8 Å². The summed E-state index contributed by atoms with van der Waals surface area (Å²) in [6, 6.07) is 0. The van der Waals surface area contributed by atoms with Gasteiger partial charge >= 0.3 is 0 Å². The molecule has 3 heteroatoms. The van der Waals surface area contributed by atoms with Crippen molar-refractivity contribution in [1.29, 1.82) is 0 Å². The second-order valence-electron chi connectivity index (χ2n) is 4.17. The Balaban J connectivity index is 1.88. The minimum atomic E-state index is 0.318. The summed E-state index contributed by atoms with van der Waals surface area (Å²) in [5, 5.41) is 0. The van der Waals surface area contributed by atoms with Crippen molar-refractivity contribution in [2.24, 2.45) is 0 Å². The van der Waals surface area contributed by atoms with Gasteiger partial charge in [-0.05, 0) is 26.5 Å². The van der Waals surface area contributed by atoms with Gasteiger partial charge in [0.1, 0.15) is 0 Å². The van der Waals surface area contributed by atoms with Crippen molar-refractivity contribution in [2.75, 3.05) is 33.2 Å². The Morgan fingerprint density at radius 1 is 1.23 bits per heavy atom. The first-order valence-corrected chi connectivity index (χ1v) is 4.95. The molecule has 0 aliphatic carbocycles. The van der Waals surface area contributed by atoms with Gasteiger partial charge in [0.05, 0.1) is 0 Å². The molecule has 2 aliphatic rings. The summed E-state index contributed by atoms with van der Waals surface area (Å²) < 4.78 is 5.54. The summed E-state index contributed by atoms with van der Waals surface area (Å²) in [6.07, 6.45) is 0.318. The highest BCUT2D eigenvalue weighted by molar-refractivity contribution is 5.18. The van der Waals surface area contributed by atoms with E-state index in [2.05, 4.69) is 30.7 Å². The zero-order valence-corrected chi connectivity index (χ0v) is 8.71. The van der Waals surface area contributed by atoms with Gasteiger partial charge in [-0.15, -0.1) is 0 Å². The predicted octanol–water partition coefficient (Wildman–Crippen LogP) is 0.884. The second kappa shape index (κ2) is 3.31. The van der Waals surface area contributed by atoms with Gasteiger partial charge in [0.15, 0.2) is 5.76 Å². The summed E-state index contributed by atoms with van der Waals surface area (Å²) in [5.74, 6) is 1.20. The molecule has 2 saturated heterocycles. The molecule has 74 valence electrons. The van der Waals surface area contributed by atoms with E-state index in [9.17, 15) is 0 Å². The third-order valence-corrected chi connectivity index (χ3v) is 2.77. The number of rotatable bonds is 1. The normalized spacial score (nSPS) is 30.1. The lowest BCUT2D eigenvalue weighted by atomic mass is 10.3. The van der Waals surface area contributed by atoms with Crippen LogP contribution in [0.15, 0.2) is 11.3 Å². The van der Waals surface area contributed by atoms with E-state index >= 15 is 0 Å². The lowest BCUT2D eigenvalue weighted by molar-refractivity contribution is 0.105. The standard InChI is InChI=1S/C10H18N2O/c1-8(2)9-10(13-9)12-6-4-11(3)5-7-12/h10H,4-7H2,1-3H3. The minimum absolute atomic E-state index is 0.318. The van der Waals surface area contributed by atoms with Gasteiger partial charge in [0.2, 0.25) is 6.23 Å². The van der Waals surface area contributed by atoms with Crippen LogP contribution in [-0.4, -0.2) is 49.3 Å². The molecular weight excluding hydrogens is 164 g/mol. The maximum atomic E-state index is 5.54. The van der Waals surface area contributed by atoms with Gasteiger partial charge < -0.3 is 9.64 Å². The predicted molar refractivity (Wildman–Crippen MR) is 52.3 cm³/mol. The molecule has 0 spiro atoms. The first kappa shape index (κ1) is 9.03. The van der Waals surface area contributed by atoms with Gasteiger partial charge in [-0.3, -0.25) is 4.90 Å². The van der Waals surface area contributed by atoms with Gasteiger partial charge in [-0.25, -0.2) is 0 Å². The Labute approximate surface area is 80.0 Å². The molecule has 0 amide bonds. The van der Waals surface area contributed by atoms with E-state index in [1.807, 2.05) is 0 Å². The Morgan fingerprint density at radius 2 is 1.85 bits per heavy atom. The second-order valence-corrected chi connectivity index (χ2v) is 4.17. The van der Waals surface area contributed by atoms with Crippen molar-refractivity contribution in [3.63, 3.8) is 0 Å². The highest BCUT2D eigenvalue weighted by Gasteiger charge is 2.40. The first-order valence-electron chi connectivity index (χ1n) is 4.95. The number of epoxide rings is 1. The molecule has 0 N–H and O–H groups in total. The first-order chi connectivity index (χ1) is 6.18. The average molecular weight is 182 g/mol.